The highest BCUT2D eigenvalue weighted by Gasteiger charge is 2.36. The van der Waals surface area contributed by atoms with Gasteiger partial charge in [0.05, 0.1) is 5.57 Å². The van der Waals surface area contributed by atoms with Crippen LogP contribution in [0.4, 0.5) is 10.3 Å². The van der Waals surface area contributed by atoms with Crippen LogP contribution >= 0.6 is 0 Å². The smallest absolute Gasteiger partial charge is 0.338 e. The molecule has 1 atom stereocenters. The number of hydrogen-bond donors (Lipinski definition) is 1. The Kier molecular flexibility index (Phi) is 4.44. The summed E-state index contributed by atoms with van der Waals surface area (Å²) in [5, 5.41) is 7.28. The lowest BCUT2D eigenvalue weighted by atomic mass is 9.94. The Morgan fingerprint density at radius 1 is 1.27 bits per heavy atom. The molecule has 2 aromatic rings. The summed E-state index contributed by atoms with van der Waals surface area (Å²) in [4.78, 5) is 17.2. The number of ether oxygens (including phenoxy) is 1. The van der Waals surface area contributed by atoms with Gasteiger partial charge in [-0.1, -0.05) is 24.6 Å². The summed E-state index contributed by atoms with van der Waals surface area (Å²) < 4.78 is 21.8. The molecule has 4 rings (SSSR count). The molecule has 7 heteroatoms. The number of aromatic nitrogens is 3. The van der Waals surface area contributed by atoms with Crippen LogP contribution in [0.15, 0.2) is 41.9 Å². The number of allylic oxidation sites excluding steroid dienone is 1. The Morgan fingerprint density at radius 2 is 2.04 bits per heavy atom. The van der Waals surface area contributed by atoms with Gasteiger partial charge < -0.3 is 10.1 Å². The van der Waals surface area contributed by atoms with Gasteiger partial charge in [0, 0.05) is 11.3 Å². The Balaban J connectivity index is 1.72. The molecule has 26 heavy (non-hydrogen) atoms. The van der Waals surface area contributed by atoms with Crippen LogP contribution in [-0.4, -0.2) is 26.8 Å². The molecule has 1 aliphatic heterocycles. The van der Waals surface area contributed by atoms with Crippen LogP contribution in [0, 0.1) is 5.82 Å². The minimum absolute atomic E-state index is 0.0741. The van der Waals surface area contributed by atoms with Crippen molar-refractivity contribution in [1.82, 2.24) is 14.8 Å². The van der Waals surface area contributed by atoms with E-state index in [1.165, 1.54) is 23.5 Å². The van der Waals surface area contributed by atoms with Crippen molar-refractivity contribution in [2.45, 2.75) is 51.2 Å². The third kappa shape index (κ3) is 2.98. The molecule has 0 unspecified atom stereocenters. The fourth-order valence-corrected chi connectivity index (χ4v) is 3.74. The zero-order chi connectivity index (χ0) is 18.1. The van der Waals surface area contributed by atoms with Gasteiger partial charge in [0.15, 0.2) is 0 Å². The first kappa shape index (κ1) is 16.8. The van der Waals surface area contributed by atoms with Gasteiger partial charge in [0.25, 0.3) is 0 Å². The van der Waals surface area contributed by atoms with Crippen molar-refractivity contribution < 1.29 is 13.9 Å². The second kappa shape index (κ2) is 6.90. The Bertz CT molecular complexity index is 855. The van der Waals surface area contributed by atoms with Crippen LogP contribution in [-0.2, 0) is 9.53 Å². The van der Waals surface area contributed by atoms with Crippen LogP contribution in [0.1, 0.15) is 50.6 Å². The highest BCUT2D eigenvalue weighted by molar-refractivity contribution is 5.92. The summed E-state index contributed by atoms with van der Waals surface area (Å²) in [5.74, 6) is -0.335. The van der Waals surface area contributed by atoms with E-state index in [4.69, 9.17) is 4.74 Å². The standard InChI is InChI=1S/C19H21FN4O2/c1-12-16(18(25)26-13-7-3-2-4-8-13)17(14-9-5-6-10-15(14)20)24-19(23-12)21-11-22-24/h5-6,9-11,13,17H,2-4,7-8H2,1H3,(H,21,22,23)/t17-/m1/s1. The first-order valence-electron chi connectivity index (χ1n) is 8.98. The summed E-state index contributed by atoms with van der Waals surface area (Å²) in [7, 11) is 0. The van der Waals surface area contributed by atoms with E-state index in [-0.39, 0.29) is 6.10 Å². The second-order valence-corrected chi connectivity index (χ2v) is 6.78. The Morgan fingerprint density at radius 3 is 2.81 bits per heavy atom. The quantitative estimate of drug-likeness (QED) is 0.852. The number of halogens is 1. The predicted octanol–water partition coefficient (Wildman–Crippen LogP) is 3.58. The molecule has 1 fully saturated rings. The number of fused-ring (bicyclic) bond motifs is 1. The first-order valence-corrected chi connectivity index (χ1v) is 8.98. The maximum absolute atomic E-state index is 14.5. The van der Waals surface area contributed by atoms with E-state index in [9.17, 15) is 9.18 Å². The summed E-state index contributed by atoms with van der Waals surface area (Å²) in [5.41, 5.74) is 1.36. The van der Waals surface area contributed by atoms with Crippen LogP contribution in [0.25, 0.3) is 0 Å². The summed E-state index contributed by atoms with van der Waals surface area (Å²) >= 11 is 0. The first-order chi connectivity index (χ1) is 12.6. The number of esters is 1. The molecule has 0 radical (unpaired) electrons. The summed E-state index contributed by atoms with van der Waals surface area (Å²) in [6.45, 7) is 1.78. The van der Waals surface area contributed by atoms with Crippen LogP contribution < -0.4 is 5.32 Å². The fraction of sp³-hybridized carbons (Fsp3) is 0.421. The lowest BCUT2D eigenvalue weighted by molar-refractivity contribution is -0.146. The van der Waals surface area contributed by atoms with Crippen molar-refractivity contribution in [3.8, 4) is 0 Å². The average molecular weight is 356 g/mol. The van der Waals surface area contributed by atoms with Gasteiger partial charge in [-0.2, -0.15) is 10.1 Å². The maximum atomic E-state index is 14.5. The van der Waals surface area contributed by atoms with Gasteiger partial charge in [-0.3, -0.25) is 0 Å². The SMILES string of the molecule is CC1=C(C(=O)OC2CCCCC2)[C@@H](c2ccccc2F)n2ncnc2N1. The molecule has 6 nitrogen and oxygen atoms in total. The third-order valence-corrected chi connectivity index (χ3v) is 5.04. The zero-order valence-electron chi connectivity index (χ0n) is 14.6. The summed E-state index contributed by atoms with van der Waals surface area (Å²) in [6.07, 6.45) is 6.39. The molecule has 1 aromatic carbocycles. The van der Waals surface area contributed by atoms with E-state index in [1.54, 1.807) is 25.1 Å². The molecule has 0 amide bonds. The van der Waals surface area contributed by atoms with Gasteiger partial charge in [-0.05, 0) is 38.7 Å². The fourth-order valence-electron chi connectivity index (χ4n) is 3.74. The summed E-state index contributed by atoms with van der Waals surface area (Å²) in [6, 6.07) is 5.71. The van der Waals surface area contributed by atoms with E-state index >= 15 is 0 Å². The van der Waals surface area contributed by atoms with Gasteiger partial charge in [0.2, 0.25) is 5.95 Å². The molecule has 136 valence electrons. The highest BCUT2D eigenvalue weighted by Crippen LogP contribution is 2.36. The molecule has 1 aromatic heterocycles. The molecular weight excluding hydrogens is 335 g/mol. The van der Waals surface area contributed by atoms with E-state index in [1.807, 2.05) is 0 Å². The van der Waals surface area contributed by atoms with Gasteiger partial charge >= 0.3 is 5.97 Å². The van der Waals surface area contributed by atoms with E-state index in [0.29, 0.717) is 22.8 Å². The number of nitrogens with one attached hydrogen (secondary N) is 1. The third-order valence-electron chi connectivity index (χ3n) is 5.04. The molecule has 0 bridgehead atoms. The van der Waals surface area contributed by atoms with Crippen molar-refractivity contribution in [2.24, 2.45) is 0 Å². The normalized spacial score (nSPS) is 20.5. The van der Waals surface area contributed by atoms with Gasteiger partial charge in [0.1, 0.15) is 24.3 Å². The van der Waals surface area contributed by atoms with Gasteiger partial charge in [-0.25, -0.2) is 13.9 Å². The van der Waals surface area contributed by atoms with E-state index in [2.05, 4.69) is 15.4 Å². The number of anilines is 1. The predicted molar refractivity (Wildman–Crippen MR) is 93.8 cm³/mol. The Labute approximate surface area is 151 Å². The topological polar surface area (TPSA) is 69.0 Å². The number of hydrogen-bond acceptors (Lipinski definition) is 5. The minimum atomic E-state index is -0.703. The Hall–Kier alpha value is -2.70. The van der Waals surface area contributed by atoms with E-state index in [0.717, 1.165) is 25.7 Å². The number of carbonyl (C=O) groups is 1. The minimum Gasteiger partial charge on any atom is -0.459 e. The van der Waals surface area contributed by atoms with Crippen molar-refractivity contribution in [3.05, 3.63) is 53.2 Å². The number of nitrogens with zero attached hydrogens (tertiary/aromatic N) is 3. The second-order valence-electron chi connectivity index (χ2n) is 6.78. The average Bonchev–Trinajstić information content (AvgIpc) is 3.10. The lowest BCUT2D eigenvalue weighted by Gasteiger charge is -2.30. The molecule has 2 aliphatic rings. The maximum Gasteiger partial charge on any atom is 0.338 e. The number of carbonyl (C=O) groups excluding carboxylic acids is 1. The van der Waals surface area contributed by atoms with Crippen LogP contribution in [0.5, 0.6) is 0 Å². The van der Waals surface area contributed by atoms with Crippen molar-refractivity contribution >= 4 is 11.9 Å². The largest absolute Gasteiger partial charge is 0.459 e. The number of rotatable bonds is 3. The lowest BCUT2D eigenvalue weighted by Crippen LogP contribution is -2.32. The van der Waals surface area contributed by atoms with Crippen LogP contribution in [0.2, 0.25) is 0 Å². The van der Waals surface area contributed by atoms with Crippen molar-refractivity contribution in [3.63, 3.8) is 0 Å². The molecule has 1 saturated carbocycles. The van der Waals surface area contributed by atoms with Crippen molar-refractivity contribution in [1.29, 1.82) is 0 Å². The van der Waals surface area contributed by atoms with Crippen LogP contribution in [0.3, 0.4) is 0 Å². The molecular formula is C19H21FN4O2. The zero-order valence-corrected chi connectivity index (χ0v) is 14.6. The highest BCUT2D eigenvalue weighted by atomic mass is 19.1. The molecule has 0 spiro atoms. The monoisotopic (exact) mass is 356 g/mol. The molecule has 2 heterocycles. The van der Waals surface area contributed by atoms with Crippen molar-refractivity contribution in [2.75, 3.05) is 5.32 Å². The van der Waals surface area contributed by atoms with Gasteiger partial charge in [-0.15, -0.1) is 0 Å². The molecule has 1 aliphatic carbocycles. The van der Waals surface area contributed by atoms with E-state index < -0.39 is 17.8 Å². The molecule has 1 N–H and O–H groups in total. The molecule has 0 saturated heterocycles. The number of benzene rings is 1.